The quantitative estimate of drug-likeness (QED) is 0.511. The first kappa shape index (κ1) is 22.6. The van der Waals surface area contributed by atoms with Crippen LogP contribution >= 0.6 is 23.6 Å². The van der Waals surface area contributed by atoms with E-state index in [-0.39, 0.29) is 17.4 Å². The Morgan fingerprint density at radius 2 is 2.15 bits per heavy atom. The van der Waals surface area contributed by atoms with Crippen LogP contribution in [0.3, 0.4) is 0 Å². The number of carbonyl (C=O) groups is 1. The molecule has 0 radical (unpaired) electrons. The maximum atomic E-state index is 13.0. The van der Waals surface area contributed by atoms with Crippen molar-refractivity contribution in [2.24, 2.45) is 11.8 Å². The fraction of sp³-hybridized carbons (Fsp3) is 0.560. The van der Waals surface area contributed by atoms with Crippen LogP contribution in [0.15, 0.2) is 23.0 Å². The van der Waals surface area contributed by atoms with Crippen LogP contribution < -0.4 is 10.9 Å². The van der Waals surface area contributed by atoms with Gasteiger partial charge >= 0.3 is 5.97 Å². The zero-order valence-corrected chi connectivity index (χ0v) is 20.9. The summed E-state index contributed by atoms with van der Waals surface area (Å²) in [5, 5.41) is 4.93. The molecule has 0 aromatic carbocycles. The van der Waals surface area contributed by atoms with Gasteiger partial charge in [-0.1, -0.05) is 19.9 Å². The summed E-state index contributed by atoms with van der Waals surface area (Å²) < 4.78 is 7.48. The summed E-state index contributed by atoms with van der Waals surface area (Å²) in [7, 11) is 0. The first-order chi connectivity index (χ1) is 15.9. The highest BCUT2D eigenvalue weighted by Crippen LogP contribution is 2.41. The average molecular weight is 486 g/mol. The molecule has 5 rings (SSSR count). The molecule has 0 saturated carbocycles. The molecule has 1 unspecified atom stereocenters. The lowest BCUT2D eigenvalue weighted by Crippen LogP contribution is -2.50. The third-order valence-electron chi connectivity index (χ3n) is 7.14. The van der Waals surface area contributed by atoms with E-state index in [1.54, 1.807) is 17.4 Å². The van der Waals surface area contributed by atoms with Gasteiger partial charge in [-0.25, -0.2) is 4.79 Å². The number of carbonyl (C=O) groups excluding carboxylic acids is 1. The SMILES string of the molecule is CCCOC(=O)c1c(NC(=S)N2C[C@H]3C[C@@H](C2)c2cccc(=O)n2C3)sc2c1CCC(C)C2. The van der Waals surface area contributed by atoms with Crippen LogP contribution in [0, 0.1) is 11.8 Å². The number of nitrogens with one attached hydrogen (secondary N) is 1. The molecule has 2 aromatic heterocycles. The molecule has 176 valence electrons. The fourth-order valence-electron chi connectivity index (χ4n) is 5.56. The van der Waals surface area contributed by atoms with E-state index in [9.17, 15) is 9.59 Å². The van der Waals surface area contributed by atoms with Crippen molar-refractivity contribution in [1.82, 2.24) is 9.47 Å². The van der Waals surface area contributed by atoms with Crippen LogP contribution in [-0.2, 0) is 24.1 Å². The Labute approximate surface area is 203 Å². The van der Waals surface area contributed by atoms with Gasteiger partial charge in [0.1, 0.15) is 5.00 Å². The first-order valence-corrected chi connectivity index (χ1v) is 13.2. The summed E-state index contributed by atoms with van der Waals surface area (Å²) in [6.07, 6.45) is 4.90. The average Bonchev–Trinajstić information content (AvgIpc) is 3.14. The highest BCUT2D eigenvalue weighted by Gasteiger charge is 2.36. The highest BCUT2D eigenvalue weighted by atomic mass is 32.1. The van der Waals surface area contributed by atoms with Crippen molar-refractivity contribution in [3.8, 4) is 0 Å². The third kappa shape index (κ3) is 4.35. The number of thiophene rings is 1. The summed E-state index contributed by atoms with van der Waals surface area (Å²) in [6, 6.07) is 5.57. The summed E-state index contributed by atoms with van der Waals surface area (Å²) in [5.41, 5.74) is 3.03. The van der Waals surface area contributed by atoms with Crippen molar-refractivity contribution in [2.75, 3.05) is 25.0 Å². The van der Waals surface area contributed by atoms with Gasteiger partial charge in [0.15, 0.2) is 5.11 Å². The number of fused-ring (bicyclic) bond motifs is 5. The number of piperidine rings is 1. The van der Waals surface area contributed by atoms with Crippen LogP contribution in [0.25, 0.3) is 0 Å². The molecule has 4 heterocycles. The van der Waals surface area contributed by atoms with E-state index >= 15 is 0 Å². The van der Waals surface area contributed by atoms with Crippen molar-refractivity contribution in [3.05, 3.63) is 50.3 Å². The van der Waals surface area contributed by atoms with Crippen LogP contribution in [0.5, 0.6) is 0 Å². The molecule has 2 bridgehead atoms. The standard InChI is InChI=1S/C25H31N3O3S2/c1-3-9-31-24(30)22-18-8-7-15(2)10-20(18)33-23(22)26-25(32)27-12-16-11-17(14-27)19-5-4-6-21(29)28(19)13-16/h4-6,15-17H,3,7-14H2,1-2H3,(H,26,32)/t15?,16-,17+/m1/s1. The molecule has 2 aliphatic heterocycles. The smallest absolute Gasteiger partial charge is 0.341 e. The number of hydrogen-bond acceptors (Lipinski definition) is 5. The number of rotatable bonds is 4. The highest BCUT2D eigenvalue weighted by molar-refractivity contribution is 7.80. The Bertz CT molecular complexity index is 1140. The van der Waals surface area contributed by atoms with Gasteiger partial charge in [0.25, 0.3) is 5.56 Å². The van der Waals surface area contributed by atoms with E-state index in [0.29, 0.717) is 29.1 Å². The summed E-state index contributed by atoms with van der Waals surface area (Å²) in [6.45, 7) is 7.05. The van der Waals surface area contributed by atoms with E-state index in [1.165, 1.54) is 4.88 Å². The topological polar surface area (TPSA) is 63.6 Å². The van der Waals surface area contributed by atoms with Crippen LogP contribution in [0.2, 0.25) is 0 Å². The first-order valence-electron chi connectivity index (χ1n) is 12.0. The minimum absolute atomic E-state index is 0.0879. The Morgan fingerprint density at radius 3 is 2.97 bits per heavy atom. The van der Waals surface area contributed by atoms with E-state index < -0.39 is 0 Å². The molecule has 0 amide bonds. The van der Waals surface area contributed by atoms with Crippen LogP contribution in [0.1, 0.15) is 65.5 Å². The molecule has 6 nitrogen and oxygen atoms in total. The van der Waals surface area contributed by atoms with Gasteiger partial charge in [0.05, 0.1) is 12.2 Å². The van der Waals surface area contributed by atoms with E-state index in [0.717, 1.165) is 68.0 Å². The summed E-state index contributed by atoms with van der Waals surface area (Å²) in [5.74, 6) is 1.07. The van der Waals surface area contributed by atoms with Gasteiger partial charge in [0.2, 0.25) is 0 Å². The van der Waals surface area contributed by atoms with E-state index in [1.807, 2.05) is 17.6 Å². The third-order valence-corrected chi connectivity index (χ3v) is 8.67. The molecule has 3 atom stereocenters. The molecule has 3 aliphatic rings. The largest absolute Gasteiger partial charge is 0.462 e. The number of anilines is 1. The second-order valence-electron chi connectivity index (χ2n) is 9.73. The van der Waals surface area contributed by atoms with Crippen molar-refractivity contribution in [3.63, 3.8) is 0 Å². The van der Waals surface area contributed by atoms with Crippen molar-refractivity contribution in [1.29, 1.82) is 0 Å². The number of esters is 1. The number of thiocarbonyl (C=S) groups is 1. The molecular weight excluding hydrogens is 454 g/mol. The van der Waals surface area contributed by atoms with Gasteiger partial charge < -0.3 is 19.5 Å². The van der Waals surface area contributed by atoms with E-state index in [4.69, 9.17) is 17.0 Å². The molecular formula is C25H31N3O3S2. The molecule has 1 saturated heterocycles. The normalized spacial score (nSPS) is 23.5. The number of ether oxygens (including phenoxy) is 1. The number of aromatic nitrogens is 1. The summed E-state index contributed by atoms with van der Waals surface area (Å²) >= 11 is 7.52. The molecule has 8 heteroatoms. The number of likely N-dealkylation sites (tertiary alicyclic amines) is 1. The van der Waals surface area contributed by atoms with Gasteiger partial charge in [-0.3, -0.25) is 4.79 Å². The van der Waals surface area contributed by atoms with Crippen LogP contribution in [0.4, 0.5) is 5.00 Å². The van der Waals surface area contributed by atoms with Crippen molar-refractivity contribution >= 4 is 39.6 Å². The molecule has 2 aromatic rings. The number of hydrogen-bond donors (Lipinski definition) is 1. The Balaban J connectivity index is 1.38. The second kappa shape index (κ2) is 9.22. The lowest BCUT2D eigenvalue weighted by Gasteiger charge is -2.43. The number of pyridine rings is 1. The predicted octanol–water partition coefficient (Wildman–Crippen LogP) is 4.42. The van der Waals surface area contributed by atoms with Crippen molar-refractivity contribution in [2.45, 2.75) is 58.4 Å². The zero-order chi connectivity index (χ0) is 23.1. The van der Waals surface area contributed by atoms with Gasteiger partial charge in [-0.15, -0.1) is 11.3 Å². The van der Waals surface area contributed by atoms with Gasteiger partial charge in [-0.05, 0) is 67.8 Å². The second-order valence-corrected chi connectivity index (χ2v) is 11.2. The Kier molecular flexibility index (Phi) is 6.31. The van der Waals surface area contributed by atoms with E-state index in [2.05, 4.69) is 23.2 Å². The fourth-order valence-corrected chi connectivity index (χ4v) is 7.27. The molecule has 1 N–H and O–H groups in total. The number of nitrogens with zero attached hydrogens (tertiary/aromatic N) is 2. The maximum Gasteiger partial charge on any atom is 0.341 e. The minimum atomic E-state index is -0.238. The maximum absolute atomic E-state index is 13.0. The molecule has 1 aliphatic carbocycles. The molecule has 33 heavy (non-hydrogen) atoms. The molecule has 0 spiro atoms. The Morgan fingerprint density at radius 1 is 1.30 bits per heavy atom. The van der Waals surface area contributed by atoms with Crippen LogP contribution in [-0.4, -0.2) is 40.2 Å². The lowest BCUT2D eigenvalue weighted by molar-refractivity contribution is 0.0505. The zero-order valence-electron chi connectivity index (χ0n) is 19.3. The Hall–Kier alpha value is -2.19. The lowest BCUT2D eigenvalue weighted by atomic mass is 9.83. The predicted molar refractivity (Wildman–Crippen MR) is 135 cm³/mol. The van der Waals surface area contributed by atoms with Crippen molar-refractivity contribution < 1.29 is 9.53 Å². The van der Waals surface area contributed by atoms with Gasteiger partial charge in [0, 0.05) is 42.2 Å². The van der Waals surface area contributed by atoms with Gasteiger partial charge in [-0.2, -0.15) is 0 Å². The monoisotopic (exact) mass is 485 g/mol. The molecule has 1 fully saturated rings. The summed E-state index contributed by atoms with van der Waals surface area (Å²) in [4.78, 5) is 28.8. The minimum Gasteiger partial charge on any atom is -0.462 e.